The average molecular weight is 466 g/mol. The topological polar surface area (TPSA) is 30.9 Å². The number of likely N-dealkylation sites (tertiary alicyclic amines) is 2. The highest BCUT2D eigenvalue weighted by atomic mass is 127. The normalized spacial score (nSPS) is 26.6. The Morgan fingerprint density at radius 2 is 1.83 bits per heavy atom. The largest absolute Gasteiger partial charge is 0.357 e. The monoisotopic (exact) mass is 466 g/mol. The van der Waals surface area contributed by atoms with Crippen molar-refractivity contribution >= 4 is 41.7 Å². The van der Waals surface area contributed by atoms with E-state index >= 15 is 0 Å². The highest BCUT2D eigenvalue weighted by Crippen LogP contribution is 2.23. The Hall–Kier alpha value is 0.310. The van der Waals surface area contributed by atoms with Crippen LogP contribution in [0.15, 0.2) is 4.99 Å². The van der Waals surface area contributed by atoms with Crippen molar-refractivity contribution in [2.45, 2.75) is 39.0 Å². The van der Waals surface area contributed by atoms with Gasteiger partial charge in [-0.05, 0) is 75.5 Å². The quantitative estimate of drug-likeness (QED) is 0.383. The summed E-state index contributed by atoms with van der Waals surface area (Å²) in [5, 5.41) is 3.54. The summed E-state index contributed by atoms with van der Waals surface area (Å²) in [6.45, 7) is 10.5. The predicted molar refractivity (Wildman–Crippen MR) is 117 cm³/mol. The smallest absolute Gasteiger partial charge is 0.193 e. The Bertz CT molecular complexity index is 381. The van der Waals surface area contributed by atoms with Gasteiger partial charge in [0.05, 0.1) is 0 Å². The number of guanidine groups is 1. The van der Waals surface area contributed by atoms with Crippen molar-refractivity contribution in [3.05, 3.63) is 0 Å². The first-order valence-electron chi connectivity index (χ1n) is 9.68. The Labute approximate surface area is 169 Å². The lowest BCUT2D eigenvalue weighted by Gasteiger charge is -2.25. The van der Waals surface area contributed by atoms with Crippen LogP contribution in [-0.4, -0.2) is 73.1 Å². The van der Waals surface area contributed by atoms with Crippen LogP contribution < -0.4 is 5.32 Å². The maximum absolute atomic E-state index is 4.99. The molecular formula is C18H35IN4S. The van der Waals surface area contributed by atoms with E-state index in [0.717, 1.165) is 24.9 Å². The number of rotatable bonds is 5. The first-order chi connectivity index (χ1) is 11.3. The summed E-state index contributed by atoms with van der Waals surface area (Å²) in [7, 11) is 0. The molecule has 24 heavy (non-hydrogen) atoms. The number of nitrogens with zero attached hydrogens (tertiary/aromatic N) is 3. The van der Waals surface area contributed by atoms with Gasteiger partial charge in [0, 0.05) is 32.7 Å². The molecule has 6 heteroatoms. The molecule has 0 aliphatic carbocycles. The molecule has 0 spiro atoms. The highest BCUT2D eigenvalue weighted by molar-refractivity contribution is 14.0. The van der Waals surface area contributed by atoms with Gasteiger partial charge < -0.3 is 15.1 Å². The third-order valence-corrected chi connectivity index (χ3v) is 6.52. The zero-order valence-electron chi connectivity index (χ0n) is 15.2. The van der Waals surface area contributed by atoms with E-state index in [-0.39, 0.29) is 24.0 Å². The molecule has 0 aromatic carbocycles. The molecule has 3 heterocycles. The Morgan fingerprint density at radius 3 is 2.54 bits per heavy atom. The van der Waals surface area contributed by atoms with Gasteiger partial charge in [0.25, 0.3) is 0 Å². The number of thioether (sulfide) groups is 1. The van der Waals surface area contributed by atoms with E-state index in [2.05, 4.69) is 33.8 Å². The Balaban J connectivity index is 0.00000208. The third kappa shape index (κ3) is 6.24. The van der Waals surface area contributed by atoms with E-state index in [1.54, 1.807) is 0 Å². The molecule has 0 aromatic heterocycles. The van der Waals surface area contributed by atoms with Crippen molar-refractivity contribution in [3.8, 4) is 0 Å². The standard InChI is InChI=1S/C18H34N4S.HI/c1-2-19-18(20-13-16-6-11-23-12-7-16)22-10-5-17(15-22)14-21-8-3-4-9-21;/h16-17H,2-15H2,1H3,(H,19,20);1H. The highest BCUT2D eigenvalue weighted by Gasteiger charge is 2.27. The average Bonchev–Trinajstić information content (AvgIpc) is 3.25. The van der Waals surface area contributed by atoms with Gasteiger partial charge in [0.2, 0.25) is 0 Å². The SMILES string of the molecule is CCNC(=NCC1CCSCC1)N1CCC(CN2CCCC2)C1.I. The summed E-state index contributed by atoms with van der Waals surface area (Å²) in [5.74, 6) is 5.49. The van der Waals surface area contributed by atoms with Crippen LogP contribution in [0.1, 0.15) is 39.0 Å². The molecule has 3 fully saturated rings. The van der Waals surface area contributed by atoms with Crippen molar-refractivity contribution in [1.82, 2.24) is 15.1 Å². The maximum atomic E-state index is 4.99. The first-order valence-corrected chi connectivity index (χ1v) is 10.8. The molecule has 3 aliphatic heterocycles. The van der Waals surface area contributed by atoms with Gasteiger partial charge in [-0.1, -0.05) is 0 Å². The number of halogens is 1. The predicted octanol–water partition coefficient (Wildman–Crippen LogP) is 3.13. The second-order valence-corrected chi connectivity index (χ2v) is 8.58. The summed E-state index contributed by atoms with van der Waals surface area (Å²) in [6, 6.07) is 0. The molecule has 0 radical (unpaired) electrons. The van der Waals surface area contributed by atoms with Crippen LogP contribution in [0.25, 0.3) is 0 Å². The molecule has 3 aliphatic rings. The Kier molecular flexibility index (Phi) is 9.55. The molecule has 0 saturated carbocycles. The second kappa shape index (κ2) is 11.1. The van der Waals surface area contributed by atoms with E-state index in [1.807, 2.05) is 0 Å². The first kappa shape index (κ1) is 20.6. The lowest BCUT2D eigenvalue weighted by molar-refractivity contribution is 0.281. The molecule has 1 atom stereocenters. The van der Waals surface area contributed by atoms with Crippen molar-refractivity contribution < 1.29 is 0 Å². The van der Waals surface area contributed by atoms with Crippen molar-refractivity contribution in [3.63, 3.8) is 0 Å². The fraction of sp³-hybridized carbons (Fsp3) is 0.944. The molecule has 1 N–H and O–H groups in total. The van der Waals surface area contributed by atoms with Crippen molar-refractivity contribution in [2.75, 3.05) is 57.3 Å². The van der Waals surface area contributed by atoms with Crippen molar-refractivity contribution in [2.24, 2.45) is 16.8 Å². The maximum Gasteiger partial charge on any atom is 0.193 e. The summed E-state index contributed by atoms with van der Waals surface area (Å²) in [4.78, 5) is 10.2. The van der Waals surface area contributed by atoms with Gasteiger partial charge >= 0.3 is 0 Å². The van der Waals surface area contributed by atoms with Gasteiger partial charge in [0.1, 0.15) is 0 Å². The van der Waals surface area contributed by atoms with E-state index in [0.29, 0.717) is 0 Å². The van der Waals surface area contributed by atoms with Gasteiger partial charge in [-0.2, -0.15) is 11.8 Å². The summed E-state index contributed by atoms with van der Waals surface area (Å²) < 4.78 is 0. The molecule has 4 nitrogen and oxygen atoms in total. The van der Waals surface area contributed by atoms with Crippen LogP contribution >= 0.6 is 35.7 Å². The summed E-state index contributed by atoms with van der Waals surface area (Å²) >= 11 is 2.10. The lowest BCUT2D eigenvalue weighted by Crippen LogP contribution is -2.41. The van der Waals surface area contributed by atoms with Crippen LogP contribution in [0.5, 0.6) is 0 Å². The van der Waals surface area contributed by atoms with E-state index < -0.39 is 0 Å². The van der Waals surface area contributed by atoms with Crippen LogP contribution in [0.4, 0.5) is 0 Å². The van der Waals surface area contributed by atoms with Crippen LogP contribution in [-0.2, 0) is 0 Å². The fourth-order valence-electron chi connectivity index (χ4n) is 4.07. The minimum atomic E-state index is 0. The lowest BCUT2D eigenvalue weighted by atomic mass is 10.0. The van der Waals surface area contributed by atoms with Crippen LogP contribution in [0, 0.1) is 11.8 Å². The molecule has 140 valence electrons. The second-order valence-electron chi connectivity index (χ2n) is 7.36. The van der Waals surface area contributed by atoms with Crippen molar-refractivity contribution in [1.29, 1.82) is 0 Å². The molecule has 0 aromatic rings. The number of nitrogens with one attached hydrogen (secondary N) is 1. The third-order valence-electron chi connectivity index (χ3n) is 5.48. The molecule has 1 unspecified atom stereocenters. The minimum absolute atomic E-state index is 0. The van der Waals surface area contributed by atoms with Crippen LogP contribution in [0.3, 0.4) is 0 Å². The van der Waals surface area contributed by atoms with Gasteiger partial charge in [-0.3, -0.25) is 4.99 Å². The number of hydrogen-bond acceptors (Lipinski definition) is 3. The molecular weight excluding hydrogens is 431 g/mol. The van der Waals surface area contributed by atoms with Gasteiger partial charge in [0.15, 0.2) is 5.96 Å². The zero-order valence-corrected chi connectivity index (χ0v) is 18.4. The van der Waals surface area contributed by atoms with Gasteiger partial charge in [-0.15, -0.1) is 24.0 Å². The minimum Gasteiger partial charge on any atom is -0.357 e. The van der Waals surface area contributed by atoms with E-state index in [9.17, 15) is 0 Å². The molecule has 3 saturated heterocycles. The van der Waals surface area contributed by atoms with Gasteiger partial charge in [-0.25, -0.2) is 0 Å². The number of aliphatic imine (C=N–C) groups is 1. The zero-order chi connectivity index (χ0) is 15.9. The molecule has 0 bridgehead atoms. The fourth-order valence-corrected chi connectivity index (χ4v) is 5.28. The summed E-state index contributed by atoms with van der Waals surface area (Å²) in [6.07, 6.45) is 6.84. The summed E-state index contributed by atoms with van der Waals surface area (Å²) in [5.41, 5.74) is 0. The molecule has 3 rings (SSSR count). The van der Waals surface area contributed by atoms with Crippen LogP contribution in [0.2, 0.25) is 0 Å². The van der Waals surface area contributed by atoms with E-state index in [4.69, 9.17) is 4.99 Å². The number of hydrogen-bond donors (Lipinski definition) is 1. The van der Waals surface area contributed by atoms with E-state index in [1.165, 1.54) is 82.3 Å². The Morgan fingerprint density at radius 1 is 1.08 bits per heavy atom. The molecule has 0 amide bonds.